The van der Waals surface area contributed by atoms with Crippen LogP contribution in [0.25, 0.3) is 0 Å². The zero-order valence-electron chi connectivity index (χ0n) is 16.4. The first-order valence-corrected chi connectivity index (χ1v) is 9.42. The standard InChI is InChI=1S/C19H26BNO7/c1-11-14(7-6-12-9-28-20(25)15(11)12)17(22)21-16(19(2,3)24)18(23)27-10-13-5-4-8-26-13/h6-7,13,16,24-25H,4-5,8-10H2,1-3H3,(H,21,22)/t13-,16?/m1/s1. The molecule has 0 aromatic heterocycles. The number of carbonyl (C=O) groups excluding carboxylic acids is 2. The van der Waals surface area contributed by atoms with Crippen molar-refractivity contribution in [3.63, 3.8) is 0 Å². The molecule has 3 N–H and O–H groups in total. The fourth-order valence-electron chi connectivity index (χ4n) is 3.52. The fraction of sp³-hybridized carbons (Fsp3) is 0.579. The zero-order chi connectivity index (χ0) is 20.5. The number of nitrogens with one attached hydrogen (secondary N) is 1. The van der Waals surface area contributed by atoms with Crippen molar-refractivity contribution in [1.29, 1.82) is 0 Å². The van der Waals surface area contributed by atoms with Gasteiger partial charge in [-0.15, -0.1) is 0 Å². The Labute approximate surface area is 164 Å². The zero-order valence-corrected chi connectivity index (χ0v) is 16.4. The van der Waals surface area contributed by atoms with Crippen LogP contribution in [-0.2, 0) is 25.5 Å². The smallest absolute Gasteiger partial charge is 0.461 e. The van der Waals surface area contributed by atoms with E-state index in [1.165, 1.54) is 13.8 Å². The molecular weight excluding hydrogens is 365 g/mol. The van der Waals surface area contributed by atoms with Gasteiger partial charge in [-0.1, -0.05) is 6.07 Å². The minimum Gasteiger partial charge on any atom is -0.461 e. The van der Waals surface area contributed by atoms with Gasteiger partial charge in [-0.05, 0) is 56.3 Å². The Morgan fingerprint density at radius 2 is 2.18 bits per heavy atom. The lowest BCUT2D eigenvalue weighted by Crippen LogP contribution is -2.55. The summed E-state index contributed by atoms with van der Waals surface area (Å²) in [6.07, 6.45) is 1.58. The number of fused-ring (bicyclic) bond motifs is 1. The molecule has 2 aliphatic rings. The van der Waals surface area contributed by atoms with Crippen molar-refractivity contribution >= 4 is 24.5 Å². The molecule has 1 aromatic carbocycles. The van der Waals surface area contributed by atoms with Crippen molar-refractivity contribution in [2.75, 3.05) is 13.2 Å². The average molecular weight is 391 g/mol. The largest absolute Gasteiger partial charge is 0.492 e. The molecule has 0 radical (unpaired) electrons. The summed E-state index contributed by atoms with van der Waals surface area (Å²) < 4.78 is 15.9. The molecule has 1 saturated heterocycles. The summed E-state index contributed by atoms with van der Waals surface area (Å²) in [5.74, 6) is -1.26. The van der Waals surface area contributed by atoms with Gasteiger partial charge in [-0.3, -0.25) is 4.79 Å². The molecule has 3 rings (SSSR count). The summed E-state index contributed by atoms with van der Waals surface area (Å²) in [7, 11) is -1.08. The highest BCUT2D eigenvalue weighted by atomic mass is 16.6. The molecule has 0 spiro atoms. The quantitative estimate of drug-likeness (QED) is 0.455. The van der Waals surface area contributed by atoms with E-state index in [2.05, 4.69) is 5.32 Å². The maximum atomic E-state index is 12.8. The van der Waals surface area contributed by atoms with Gasteiger partial charge in [-0.2, -0.15) is 0 Å². The van der Waals surface area contributed by atoms with Crippen LogP contribution in [0.15, 0.2) is 12.1 Å². The van der Waals surface area contributed by atoms with Crippen LogP contribution in [0.2, 0.25) is 0 Å². The Hall–Kier alpha value is -1.94. The highest BCUT2D eigenvalue weighted by molar-refractivity contribution is 6.62. The van der Waals surface area contributed by atoms with Crippen molar-refractivity contribution in [3.05, 3.63) is 28.8 Å². The second kappa shape index (κ2) is 8.20. The molecule has 2 atom stereocenters. The van der Waals surface area contributed by atoms with E-state index in [4.69, 9.17) is 14.1 Å². The molecule has 8 nitrogen and oxygen atoms in total. The average Bonchev–Trinajstić information content (AvgIpc) is 3.27. The van der Waals surface area contributed by atoms with Crippen molar-refractivity contribution in [3.8, 4) is 0 Å². The summed E-state index contributed by atoms with van der Waals surface area (Å²) in [6.45, 7) is 5.57. The normalized spacial score (nSPS) is 20.0. The third-order valence-corrected chi connectivity index (χ3v) is 5.15. The molecular formula is C19H26BNO7. The van der Waals surface area contributed by atoms with Crippen LogP contribution in [0, 0.1) is 6.92 Å². The highest BCUT2D eigenvalue weighted by Gasteiger charge is 2.38. The first kappa shape index (κ1) is 20.8. The molecule has 0 saturated carbocycles. The monoisotopic (exact) mass is 391 g/mol. The number of esters is 1. The molecule has 1 aromatic rings. The van der Waals surface area contributed by atoms with Crippen LogP contribution in [0.1, 0.15) is 48.2 Å². The lowest BCUT2D eigenvalue weighted by atomic mass is 9.75. The second-order valence-corrected chi connectivity index (χ2v) is 7.80. The number of ether oxygens (including phenoxy) is 2. The van der Waals surface area contributed by atoms with Crippen molar-refractivity contribution in [1.82, 2.24) is 5.32 Å². The van der Waals surface area contributed by atoms with Crippen LogP contribution in [-0.4, -0.2) is 60.1 Å². The summed E-state index contributed by atoms with van der Waals surface area (Å²) >= 11 is 0. The Bertz CT molecular complexity index is 755. The predicted molar refractivity (Wildman–Crippen MR) is 101 cm³/mol. The number of carbonyl (C=O) groups is 2. The van der Waals surface area contributed by atoms with Gasteiger partial charge in [0.2, 0.25) is 0 Å². The maximum Gasteiger partial charge on any atom is 0.492 e. The number of hydrogen-bond donors (Lipinski definition) is 3. The molecule has 2 heterocycles. The van der Waals surface area contributed by atoms with Crippen molar-refractivity contribution in [2.45, 2.75) is 58.0 Å². The lowest BCUT2D eigenvalue weighted by Gasteiger charge is -2.29. The van der Waals surface area contributed by atoms with Gasteiger partial charge in [0, 0.05) is 12.2 Å². The molecule has 1 fully saturated rings. The maximum absolute atomic E-state index is 12.8. The lowest BCUT2D eigenvalue weighted by molar-refractivity contribution is -0.155. The highest BCUT2D eigenvalue weighted by Crippen LogP contribution is 2.18. The number of rotatable bonds is 6. The van der Waals surface area contributed by atoms with Crippen LogP contribution in [0.5, 0.6) is 0 Å². The molecule has 2 aliphatic heterocycles. The van der Waals surface area contributed by atoms with E-state index in [0.717, 1.165) is 18.4 Å². The molecule has 1 amide bonds. The third kappa shape index (κ3) is 4.38. The Morgan fingerprint density at radius 1 is 1.43 bits per heavy atom. The summed E-state index contributed by atoms with van der Waals surface area (Å²) in [6, 6.07) is 2.07. The Kier molecular flexibility index (Phi) is 6.09. The first-order valence-electron chi connectivity index (χ1n) is 9.42. The van der Waals surface area contributed by atoms with E-state index in [-0.39, 0.29) is 19.3 Å². The molecule has 28 heavy (non-hydrogen) atoms. The summed E-state index contributed by atoms with van der Waals surface area (Å²) in [4.78, 5) is 25.3. The third-order valence-electron chi connectivity index (χ3n) is 5.15. The number of benzene rings is 1. The van der Waals surface area contributed by atoms with Gasteiger partial charge in [0.25, 0.3) is 5.91 Å². The minimum atomic E-state index is -1.53. The van der Waals surface area contributed by atoms with E-state index in [0.29, 0.717) is 23.2 Å². The Morgan fingerprint density at radius 3 is 2.82 bits per heavy atom. The second-order valence-electron chi connectivity index (χ2n) is 7.80. The van der Waals surface area contributed by atoms with Crippen molar-refractivity contribution < 1.29 is 33.8 Å². The van der Waals surface area contributed by atoms with E-state index < -0.39 is 30.6 Å². The van der Waals surface area contributed by atoms with E-state index >= 15 is 0 Å². The molecule has 1 unspecified atom stereocenters. The van der Waals surface area contributed by atoms with Crippen LogP contribution in [0.4, 0.5) is 0 Å². The summed E-state index contributed by atoms with van der Waals surface area (Å²) in [5, 5.41) is 22.9. The number of amides is 1. The molecule has 9 heteroatoms. The summed E-state index contributed by atoms with van der Waals surface area (Å²) in [5.41, 5.74) is 0.716. The fourth-order valence-corrected chi connectivity index (χ4v) is 3.52. The first-order chi connectivity index (χ1) is 13.2. The van der Waals surface area contributed by atoms with E-state index in [1.807, 2.05) is 0 Å². The minimum absolute atomic E-state index is 0.0860. The molecule has 152 valence electrons. The predicted octanol–water partition coefficient (Wildman–Crippen LogP) is -0.196. The van der Waals surface area contributed by atoms with Gasteiger partial charge in [0.15, 0.2) is 6.04 Å². The van der Waals surface area contributed by atoms with Crippen LogP contribution >= 0.6 is 0 Å². The van der Waals surface area contributed by atoms with Crippen LogP contribution in [0.3, 0.4) is 0 Å². The number of hydrogen-bond acceptors (Lipinski definition) is 7. The van der Waals surface area contributed by atoms with Gasteiger partial charge < -0.3 is 29.6 Å². The topological polar surface area (TPSA) is 114 Å². The van der Waals surface area contributed by atoms with E-state index in [1.54, 1.807) is 19.1 Å². The molecule has 0 bridgehead atoms. The van der Waals surface area contributed by atoms with E-state index in [9.17, 15) is 19.7 Å². The van der Waals surface area contributed by atoms with Crippen molar-refractivity contribution in [2.24, 2.45) is 0 Å². The van der Waals surface area contributed by atoms with Gasteiger partial charge in [0.05, 0.1) is 18.3 Å². The molecule has 0 aliphatic carbocycles. The van der Waals surface area contributed by atoms with Gasteiger partial charge >= 0.3 is 13.1 Å². The Balaban J connectivity index is 1.73. The SMILES string of the molecule is Cc1c(C(=O)NC(C(=O)OC[C@H]2CCCO2)C(C)(C)O)ccc2c1B(O)OC2. The van der Waals surface area contributed by atoms with Crippen LogP contribution < -0.4 is 10.8 Å². The van der Waals surface area contributed by atoms with Gasteiger partial charge in [0.1, 0.15) is 6.61 Å². The number of aliphatic hydroxyl groups is 1. The van der Waals surface area contributed by atoms with Gasteiger partial charge in [-0.25, -0.2) is 4.79 Å².